The maximum absolute atomic E-state index is 12.9. The number of nitrogens with zero attached hydrogens (tertiary/aromatic N) is 3. The fourth-order valence-electron chi connectivity index (χ4n) is 3.03. The average Bonchev–Trinajstić information content (AvgIpc) is 2.74. The van der Waals surface area contributed by atoms with Crippen LogP contribution in [0.1, 0.15) is 30.1 Å². The molecule has 0 aliphatic carbocycles. The minimum Gasteiger partial charge on any atom is -0.372 e. The highest BCUT2D eigenvalue weighted by atomic mass is 16.6. The van der Waals surface area contributed by atoms with Crippen molar-refractivity contribution in [2.45, 2.75) is 19.8 Å². The number of nitrogens with one attached hydrogen (secondary N) is 1. The second kappa shape index (κ2) is 9.79. The van der Waals surface area contributed by atoms with Crippen LogP contribution in [0.4, 0.5) is 17.1 Å². The number of amidine groups is 1. The van der Waals surface area contributed by atoms with Crippen molar-refractivity contribution in [3.8, 4) is 0 Å². The van der Waals surface area contributed by atoms with E-state index < -0.39 is 10.8 Å². The molecule has 1 aliphatic heterocycles. The summed E-state index contributed by atoms with van der Waals surface area (Å²) in [5.41, 5.74) is 0.977. The number of amides is 1. The minimum absolute atomic E-state index is 0.150. The Morgan fingerprint density at radius 2 is 2.07 bits per heavy atom. The first-order chi connectivity index (χ1) is 14.1. The molecule has 1 aliphatic rings. The molecule has 1 fully saturated rings. The maximum atomic E-state index is 12.9. The van der Waals surface area contributed by atoms with Gasteiger partial charge in [-0.1, -0.05) is 31.5 Å². The lowest BCUT2D eigenvalue weighted by atomic mass is 10.1. The van der Waals surface area contributed by atoms with Crippen LogP contribution in [0.3, 0.4) is 0 Å². The standard InChI is InChI=1S/C21H24N4O4/c1-2-3-11-24-12-13-29-15-20(24)23-19-10-9-17(25(27)28)14-18(19)21(26)22-16-7-5-4-6-8-16/h4-10,14H,2-3,11-13,15H2,1H3,(H,22,26). The van der Waals surface area contributed by atoms with Gasteiger partial charge in [0.15, 0.2) is 0 Å². The maximum Gasteiger partial charge on any atom is 0.270 e. The Balaban J connectivity index is 1.94. The molecule has 8 nitrogen and oxygen atoms in total. The van der Waals surface area contributed by atoms with Crippen molar-refractivity contribution in [3.63, 3.8) is 0 Å². The van der Waals surface area contributed by atoms with Crippen LogP contribution in [0.2, 0.25) is 0 Å². The highest BCUT2D eigenvalue weighted by Crippen LogP contribution is 2.26. The molecule has 0 aromatic heterocycles. The molecule has 1 amide bonds. The Bertz CT molecular complexity index is 899. The van der Waals surface area contributed by atoms with Crippen LogP contribution in [0, 0.1) is 10.1 Å². The van der Waals surface area contributed by atoms with Gasteiger partial charge in [-0.2, -0.15) is 0 Å². The van der Waals surface area contributed by atoms with E-state index >= 15 is 0 Å². The Kier molecular flexibility index (Phi) is 6.91. The molecule has 29 heavy (non-hydrogen) atoms. The number of benzene rings is 2. The fraction of sp³-hybridized carbons (Fsp3) is 0.333. The van der Waals surface area contributed by atoms with Crippen molar-refractivity contribution in [1.29, 1.82) is 0 Å². The van der Waals surface area contributed by atoms with Gasteiger partial charge in [0.25, 0.3) is 11.6 Å². The summed E-state index contributed by atoms with van der Waals surface area (Å²) < 4.78 is 5.54. The van der Waals surface area contributed by atoms with Gasteiger partial charge >= 0.3 is 0 Å². The lowest BCUT2D eigenvalue weighted by molar-refractivity contribution is -0.384. The van der Waals surface area contributed by atoms with Gasteiger partial charge in [0, 0.05) is 30.9 Å². The molecule has 152 valence electrons. The molecule has 0 atom stereocenters. The van der Waals surface area contributed by atoms with Crippen molar-refractivity contribution in [2.75, 3.05) is 31.6 Å². The van der Waals surface area contributed by atoms with Crippen LogP contribution in [0.15, 0.2) is 53.5 Å². The van der Waals surface area contributed by atoms with E-state index in [0.29, 0.717) is 24.6 Å². The Morgan fingerprint density at radius 3 is 2.79 bits per heavy atom. The summed E-state index contributed by atoms with van der Waals surface area (Å²) in [7, 11) is 0. The number of anilines is 1. The van der Waals surface area contributed by atoms with E-state index in [1.807, 2.05) is 6.07 Å². The quantitative estimate of drug-likeness (QED) is 0.563. The van der Waals surface area contributed by atoms with Gasteiger partial charge in [0.2, 0.25) is 0 Å². The summed E-state index contributed by atoms with van der Waals surface area (Å²) >= 11 is 0. The minimum atomic E-state index is -0.520. The number of ether oxygens (including phenoxy) is 1. The monoisotopic (exact) mass is 396 g/mol. The van der Waals surface area contributed by atoms with E-state index in [0.717, 1.165) is 31.8 Å². The van der Waals surface area contributed by atoms with Crippen LogP contribution in [0.25, 0.3) is 0 Å². The van der Waals surface area contributed by atoms with Crippen molar-refractivity contribution >= 4 is 28.8 Å². The lowest BCUT2D eigenvalue weighted by Crippen LogP contribution is -2.42. The Morgan fingerprint density at radius 1 is 1.28 bits per heavy atom. The SMILES string of the molecule is CCCCN1CCOCC1=Nc1ccc([N+](=O)[O-])cc1C(=O)Nc1ccccc1. The third-order valence-corrected chi connectivity index (χ3v) is 4.60. The third-order valence-electron chi connectivity index (χ3n) is 4.60. The molecule has 0 saturated carbocycles. The highest BCUT2D eigenvalue weighted by Gasteiger charge is 2.20. The Hall–Kier alpha value is -3.26. The smallest absolute Gasteiger partial charge is 0.270 e. The molecular weight excluding hydrogens is 372 g/mol. The molecule has 1 heterocycles. The number of hydrogen-bond acceptors (Lipinski definition) is 5. The molecular formula is C21H24N4O4. The van der Waals surface area contributed by atoms with Crippen molar-refractivity contribution in [2.24, 2.45) is 4.99 Å². The summed E-state index contributed by atoms with van der Waals surface area (Å²) in [5, 5.41) is 14.0. The summed E-state index contributed by atoms with van der Waals surface area (Å²) in [6.07, 6.45) is 2.09. The molecule has 1 saturated heterocycles. The van der Waals surface area contributed by atoms with Crippen LogP contribution >= 0.6 is 0 Å². The first-order valence-corrected chi connectivity index (χ1v) is 9.63. The molecule has 8 heteroatoms. The number of carbonyl (C=O) groups is 1. The number of morpholine rings is 1. The highest BCUT2D eigenvalue weighted by molar-refractivity contribution is 6.08. The zero-order chi connectivity index (χ0) is 20.6. The fourth-order valence-corrected chi connectivity index (χ4v) is 3.03. The summed E-state index contributed by atoms with van der Waals surface area (Å²) in [6, 6.07) is 13.1. The number of rotatable bonds is 7. The molecule has 3 rings (SSSR count). The zero-order valence-corrected chi connectivity index (χ0v) is 16.3. The molecule has 0 bridgehead atoms. The topological polar surface area (TPSA) is 97.1 Å². The van der Waals surface area contributed by atoms with Crippen molar-refractivity contribution in [1.82, 2.24) is 4.90 Å². The van der Waals surface area contributed by atoms with Gasteiger partial charge in [0.05, 0.1) is 22.8 Å². The van der Waals surface area contributed by atoms with E-state index in [1.165, 1.54) is 18.2 Å². The molecule has 0 radical (unpaired) electrons. The van der Waals surface area contributed by atoms with E-state index in [9.17, 15) is 14.9 Å². The molecule has 0 unspecified atom stereocenters. The van der Waals surface area contributed by atoms with Gasteiger partial charge in [-0.25, -0.2) is 4.99 Å². The number of unbranched alkanes of at least 4 members (excludes halogenated alkanes) is 1. The summed E-state index contributed by atoms with van der Waals surface area (Å²) in [4.78, 5) is 30.3. The van der Waals surface area contributed by atoms with Crippen LogP contribution in [0.5, 0.6) is 0 Å². The van der Waals surface area contributed by atoms with Crippen LogP contribution < -0.4 is 5.32 Å². The normalized spacial score (nSPS) is 15.3. The number of non-ortho nitro benzene ring substituents is 1. The van der Waals surface area contributed by atoms with Crippen LogP contribution in [-0.2, 0) is 4.74 Å². The number of carbonyl (C=O) groups excluding carboxylic acids is 1. The lowest BCUT2D eigenvalue weighted by Gasteiger charge is -2.30. The Labute approximate surface area is 169 Å². The molecule has 1 N–H and O–H groups in total. The van der Waals surface area contributed by atoms with E-state index in [-0.39, 0.29) is 11.3 Å². The number of aliphatic imine (C=N–C) groups is 1. The van der Waals surface area contributed by atoms with Gasteiger partial charge in [-0.3, -0.25) is 14.9 Å². The third kappa shape index (κ3) is 5.39. The summed E-state index contributed by atoms with van der Waals surface area (Å²) in [5.74, 6) is 0.281. The first-order valence-electron chi connectivity index (χ1n) is 9.63. The number of nitro benzene ring substituents is 1. The average molecular weight is 396 g/mol. The largest absolute Gasteiger partial charge is 0.372 e. The van der Waals surface area contributed by atoms with Crippen molar-refractivity contribution in [3.05, 3.63) is 64.2 Å². The van der Waals surface area contributed by atoms with Gasteiger partial charge < -0.3 is 15.0 Å². The predicted octanol–water partition coefficient (Wildman–Crippen LogP) is 4.01. The second-order valence-electron chi connectivity index (χ2n) is 6.70. The summed E-state index contributed by atoms with van der Waals surface area (Å²) in [6.45, 7) is 4.69. The number of hydrogen-bond donors (Lipinski definition) is 1. The van der Waals surface area contributed by atoms with E-state index in [1.54, 1.807) is 24.3 Å². The molecule has 0 spiro atoms. The van der Waals surface area contributed by atoms with E-state index in [2.05, 4.69) is 22.1 Å². The second-order valence-corrected chi connectivity index (χ2v) is 6.70. The zero-order valence-electron chi connectivity index (χ0n) is 16.3. The van der Waals surface area contributed by atoms with E-state index in [4.69, 9.17) is 4.74 Å². The van der Waals surface area contributed by atoms with Crippen molar-refractivity contribution < 1.29 is 14.5 Å². The number of nitro groups is 1. The molecule has 2 aromatic rings. The van der Waals surface area contributed by atoms with Gasteiger partial charge in [-0.15, -0.1) is 0 Å². The first kappa shape index (κ1) is 20.5. The number of para-hydroxylation sites is 1. The predicted molar refractivity (Wildman–Crippen MR) is 112 cm³/mol. The molecule has 2 aromatic carbocycles. The van der Waals surface area contributed by atoms with Gasteiger partial charge in [-0.05, 0) is 24.6 Å². The van der Waals surface area contributed by atoms with Crippen LogP contribution in [-0.4, -0.2) is 47.9 Å². The van der Waals surface area contributed by atoms with Gasteiger partial charge in [0.1, 0.15) is 12.4 Å².